The van der Waals surface area contributed by atoms with Crippen LogP contribution in [0.25, 0.3) is 0 Å². The van der Waals surface area contributed by atoms with Crippen molar-refractivity contribution in [1.82, 2.24) is 4.90 Å². The van der Waals surface area contributed by atoms with Gasteiger partial charge in [0, 0.05) is 36.2 Å². The molecule has 0 atom stereocenters. The Balaban J connectivity index is 1.88. The van der Waals surface area contributed by atoms with Crippen LogP contribution in [-0.2, 0) is 0 Å². The topological polar surface area (TPSA) is 44.8 Å². The predicted molar refractivity (Wildman–Crippen MR) is 107 cm³/mol. The van der Waals surface area contributed by atoms with E-state index in [1.807, 2.05) is 12.1 Å². The molecule has 2 aromatic carbocycles. The van der Waals surface area contributed by atoms with Gasteiger partial charge in [-0.05, 0) is 43.4 Å². The van der Waals surface area contributed by atoms with Gasteiger partial charge in [-0.1, -0.05) is 23.2 Å². The largest absolute Gasteiger partial charge is 0.496 e. The predicted octanol–water partition coefficient (Wildman–Crippen LogP) is 4.01. The van der Waals surface area contributed by atoms with E-state index in [1.54, 1.807) is 24.3 Å². The first-order valence-corrected chi connectivity index (χ1v) is 9.11. The van der Waals surface area contributed by atoms with E-state index in [9.17, 15) is 4.79 Å². The van der Waals surface area contributed by atoms with Gasteiger partial charge in [-0.15, -0.1) is 0 Å². The van der Waals surface area contributed by atoms with Crippen molar-refractivity contribution in [2.45, 2.75) is 0 Å². The van der Waals surface area contributed by atoms with Gasteiger partial charge in [-0.3, -0.25) is 4.79 Å². The van der Waals surface area contributed by atoms with E-state index in [-0.39, 0.29) is 5.91 Å². The van der Waals surface area contributed by atoms with E-state index in [0.29, 0.717) is 27.0 Å². The maximum atomic E-state index is 12.8. The average Bonchev–Trinajstić information content (AvgIpc) is 2.63. The van der Waals surface area contributed by atoms with Crippen LogP contribution >= 0.6 is 23.2 Å². The van der Waals surface area contributed by atoms with Crippen LogP contribution in [0.4, 0.5) is 11.4 Å². The summed E-state index contributed by atoms with van der Waals surface area (Å²) in [6.45, 7) is 3.72. The molecule has 1 N–H and O–H groups in total. The van der Waals surface area contributed by atoms with Gasteiger partial charge < -0.3 is 19.9 Å². The van der Waals surface area contributed by atoms with Crippen LogP contribution in [0.2, 0.25) is 10.0 Å². The molecule has 0 saturated carbocycles. The molecule has 0 bridgehead atoms. The number of hydrogen-bond acceptors (Lipinski definition) is 4. The van der Waals surface area contributed by atoms with E-state index < -0.39 is 0 Å². The Hall–Kier alpha value is -1.95. The smallest absolute Gasteiger partial charge is 0.259 e. The molecule has 0 unspecified atom stereocenters. The van der Waals surface area contributed by atoms with Gasteiger partial charge in [0.05, 0.1) is 24.0 Å². The summed E-state index contributed by atoms with van der Waals surface area (Å²) < 4.78 is 5.28. The standard InChI is InChI=1S/C19H21Cl2N3O2/c1-23-7-9-24(10-8-23)17-5-3-14(21)12-16(17)22-19(25)15-11-13(20)4-6-18(15)26-2/h3-6,11-12H,7-10H2,1-2H3,(H,22,25). The van der Waals surface area contributed by atoms with Crippen LogP contribution in [0.3, 0.4) is 0 Å². The SMILES string of the molecule is COc1ccc(Cl)cc1C(=O)Nc1cc(Cl)ccc1N1CCN(C)CC1. The van der Waals surface area contributed by atoms with Gasteiger partial charge in [0.2, 0.25) is 0 Å². The number of halogens is 2. The molecule has 0 spiro atoms. The third kappa shape index (κ3) is 4.23. The van der Waals surface area contributed by atoms with Crippen molar-refractivity contribution in [2.24, 2.45) is 0 Å². The number of carbonyl (C=O) groups is 1. The van der Waals surface area contributed by atoms with Crippen molar-refractivity contribution < 1.29 is 9.53 Å². The Labute approximate surface area is 163 Å². The molecule has 0 aromatic heterocycles. The summed E-state index contributed by atoms with van der Waals surface area (Å²) in [6, 6.07) is 10.5. The lowest BCUT2D eigenvalue weighted by Crippen LogP contribution is -2.44. The highest BCUT2D eigenvalue weighted by Crippen LogP contribution is 2.31. The minimum atomic E-state index is -0.290. The average molecular weight is 394 g/mol. The summed E-state index contributed by atoms with van der Waals surface area (Å²) in [7, 11) is 3.63. The summed E-state index contributed by atoms with van der Waals surface area (Å²) in [5.74, 6) is 0.178. The van der Waals surface area contributed by atoms with Crippen molar-refractivity contribution in [2.75, 3.05) is 50.6 Å². The van der Waals surface area contributed by atoms with Crippen molar-refractivity contribution in [3.63, 3.8) is 0 Å². The fourth-order valence-electron chi connectivity index (χ4n) is 2.98. The van der Waals surface area contributed by atoms with Crippen molar-refractivity contribution >= 4 is 40.5 Å². The maximum absolute atomic E-state index is 12.8. The van der Waals surface area contributed by atoms with Gasteiger partial charge in [-0.25, -0.2) is 0 Å². The van der Waals surface area contributed by atoms with Crippen LogP contribution < -0.4 is 15.0 Å². The van der Waals surface area contributed by atoms with E-state index in [0.717, 1.165) is 31.9 Å². The molecule has 26 heavy (non-hydrogen) atoms. The Kier molecular flexibility index (Phi) is 5.91. The summed E-state index contributed by atoms with van der Waals surface area (Å²) in [5, 5.41) is 4.00. The number of benzene rings is 2. The lowest BCUT2D eigenvalue weighted by Gasteiger charge is -2.35. The second kappa shape index (κ2) is 8.16. The second-order valence-corrected chi connectivity index (χ2v) is 7.12. The summed E-state index contributed by atoms with van der Waals surface area (Å²) in [6.07, 6.45) is 0. The van der Waals surface area contributed by atoms with Crippen molar-refractivity contribution in [3.05, 3.63) is 52.0 Å². The molecule has 1 saturated heterocycles. The first-order valence-electron chi connectivity index (χ1n) is 8.36. The van der Waals surface area contributed by atoms with Crippen LogP contribution in [-0.4, -0.2) is 51.1 Å². The lowest BCUT2D eigenvalue weighted by molar-refractivity contribution is 0.102. The number of likely N-dealkylation sites (N-methyl/N-ethyl adjacent to an activating group) is 1. The lowest BCUT2D eigenvalue weighted by atomic mass is 10.1. The third-order valence-electron chi connectivity index (χ3n) is 4.46. The molecule has 1 aliphatic heterocycles. The molecule has 0 aliphatic carbocycles. The van der Waals surface area contributed by atoms with Crippen LogP contribution in [0.15, 0.2) is 36.4 Å². The molecule has 138 valence electrons. The first-order chi connectivity index (χ1) is 12.5. The highest BCUT2D eigenvalue weighted by atomic mass is 35.5. The van der Waals surface area contributed by atoms with E-state index in [2.05, 4.69) is 22.2 Å². The van der Waals surface area contributed by atoms with E-state index >= 15 is 0 Å². The molecule has 1 aliphatic rings. The minimum Gasteiger partial charge on any atom is -0.496 e. The number of rotatable bonds is 4. The fourth-order valence-corrected chi connectivity index (χ4v) is 3.32. The number of carbonyl (C=O) groups excluding carboxylic acids is 1. The number of ether oxygens (including phenoxy) is 1. The van der Waals surface area contributed by atoms with Gasteiger partial charge in [0.1, 0.15) is 5.75 Å². The molecular formula is C19H21Cl2N3O2. The van der Waals surface area contributed by atoms with Crippen molar-refractivity contribution in [1.29, 1.82) is 0 Å². The monoisotopic (exact) mass is 393 g/mol. The number of nitrogens with zero attached hydrogens (tertiary/aromatic N) is 2. The van der Waals surface area contributed by atoms with E-state index in [4.69, 9.17) is 27.9 Å². The summed E-state index contributed by atoms with van der Waals surface area (Å²) in [4.78, 5) is 17.4. The fraction of sp³-hybridized carbons (Fsp3) is 0.316. The Morgan fingerprint density at radius 2 is 1.69 bits per heavy atom. The van der Waals surface area contributed by atoms with Crippen LogP contribution in [0.1, 0.15) is 10.4 Å². The van der Waals surface area contributed by atoms with E-state index in [1.165, 1.54) is 7.11 Å². The Morgan fingerprint density at radius 3 is 2.38 bits per heavy atom. The molecule has 1 amide bonds. The number of hydrogen-bond donors (Lipinski definition) is 1. The van der Waals surface area contributed by atoms with Crippen molar-refractivity contribution in [3.8, 4) is 5.75 Å². The molecule has 1 heterocycles. The molecule has 3 rings (SSSR count). The highest BCUT2D eigenvalue weighted by Gasteiger charge is 2.20. The van der Waals surface area contributed by atoms with Gasteiger partial charge in [-0.2, -0.15) is 0 Å². The summed E-state index contributed by atoms with van der Waals surface area (Å²) in [5.41, 5.74) is 2.01. The number of nitrogens with one attached hydrogen (secondary N) is 1. The number of amides is 1. The highest BCUT2D eigenvalue weighted by molar-refractivity contribution is 6.31. The first kappa shape index (κ1) is 18.8. The molecule has 0 radical (unpaired) electrons. The molecule has 5 nitrogen and oxygen atoms in total. The zero-order valence-electron chi connectivity index (χ0n) is 14.8. The number of methoxy groups -OCH3 is 1. The Morgan fingerprint density at radius 1 is 1.04 bits per heavy atom. The Bertz CT molecular complexity index is 805. The zero-order valence-corrected chi connectivity index (χ0v) is 16.3. The normalized spacial score (nSPS) is 15.0. The quantitative estimate of drug-likeness (QED) is 0.852. The minimum absolute atomic E-state index is 0.290. The van der Waals surface area contributed by atoms with Gasteiger partial charge in [0.15, 0.2) is 0 Å². The van der Waals surface area contributed by atoms with Gasteiger partial charge >= 0.3 is 0 Å². The molecular weight excluding hydrogens is 373 g/mol. The number of piperazine rings is 1. The molecule has 1 fully saturated rings. The maximum Gasteiger partial charge on any atom is 0.259 e. The zero-order chi connectivity index (χ0) is 18.7. The third-order valence-corrected chi connectivity index (χ3v) is 4.93. The van der Waals surface area contributed by atoms with Crippen LogP contribution in [0, 0.1) is 0 Å². The van der Waals surface area contributed by atoms with Gasteiger partial charge in [0.25, 0.3) is 5.91 Å². The number of anilines is 2. The molecule has 2 aromatic rings. The summed E-state index contributed by atoms with van der Waals surface area (Å²) >= 11 is 12.2. The molecule has 7 heteroatoms. The second-order valence-electron chi connectivity index (χ2n) is 6.25. The van der Waals surface area contributed by atoms with Crippen LogP contribution in [0.5, 0.6) is 5.75 Å².